The van der Waals surface area contributed by atoms with Crippen LogP contribution in [0.5, 0.6) is 0 Å². The predicted octanol–water partition coefficient (Wildman–Crippen LogP) is -2.30. The monoisotopic (exact) mass is 414 g/mol. The summed E-state index contributed by atoms with van der Waals surface area (Å²) in [6, 6.07) is 0. The van der Waals surface area contributed by atoms with Gasteiger partial charge in [-0.05, 0) is 11.6 Å². The van der Waals surface area contributed by atoms with Gasteiger partial charge in [0.15, 0.2) is 6.29 Å². The lowest BCUT2D eigenvalue weighted by atomic mass is 9.84. The molecule has 160 valence electrons. The zero-order chi connectivity index (χ0) is 20.9. The SMILES string of the molecule is CC(=O)OC[C@H]1O[C@@H](O[C@@H]2OC=C3C(=O)O[C@H]4C=C(CO)[C@@H]2[C@H]34)[C@H](O)[C@@H](O)[C@@H]1O. The maximum Gasteiger partial charge on any atom is 0.338 e. The molecule has 0 unspecified atom stereocenters. The summed E-state index contributed by atoms with van der Waals surface area (Å²) in [6.07, 6.45) is -6.05. The molecular weight excluding hydrogens is 392 g/mol. The first-order valence-corrected chi connectivity index (χ1v) is 9.18. The summed E-state index contributed by atoms with van der Waals surface area (Å²) in [7, 11) is 0. The van der Waals surface area contributed by atoms with Crippen LogP contribution in [0.25, 0.3) is 0 Å². The lowest BCUT2D eigenvalue weighted by molar-refractivity contribution is -0.339. The Morgan fingerprint density at radius 3 is 2.59 bits per heavy atom. The third-order valence-corrected chi connectivity index (χ3v) is 5.58. The standard InChI is InChI=1S/C18H22O11/c1-6(20)25-5-10-13(21)14(22)15(23)18(28-10)29-17-11-7(3-19)2-9-12(11)8(4-26-17)16(24)27-9/h2,4,9-15,17-19,21-23H,3,5H2,1H3/t9-,10+,11+,12+,13+,14-,15+,17-,18-/m0/s1. The van der Waals surface area contributed by atoms with Crippen molar-refractivity contribution in [3.05, 3.63) is 23.5 Å². The van der Waals surface area contributed by atoms with Crippen molar-refractivity contribution in [1.82, 2.24) is 0 Å². The molecule has 0 radical (unpaired) electrons. The first-order valence-electron chi connectivity index (χ1n) is 9.18. The summed E-state index contributed by atoms with van der Waals surface area (Å²) in [6.45, 7) is 0.517. The highest BCUT2D eigenvalue weighted by molar-refractivity contribution is 5.92. The van der Waals surface area contributed by atoms with Gasteiger partial charge in [0.1, 0.15) is 37.1 Å². The number of aliphatic hydroxyl groups excluding tert-OH is 4. The van der Waals surface area contributed by atoms with Gasteiger partial charge >= 0.3 is 11.9 Å². The molecule has 2 fully saturated rings. The summed E-state index contributed by atoms with van der Waals surface area (Å²) >= 11 is 0. The molecule has 4 rings (SSSR count). The Labute approximate surface area is 165 Å². The quantitative estimate of drug-likeness (QED) is 0.283. The van der Waals surface area contributed by atoms with Crippen LogP contribution in [0.4, 0.5) is 0 Å². The molecule has 4 N–H and O–H groups in total. The number of esters is 2. The minimum absolute atomic E-state index is 0.309. The van der Waals surface area contributed by atoms with Gasteiger partial charge in [0, 0.05) is 12.8 Å². The van der Waals surface area contributed by atoms with E-state index in [1.165, 1.54) is 13.2 Å². The Hall–Kier alpha value is -2.02. The molecule has 9 atom stereocenters. The van der Waals surface area contributed by atoms with Crippen molar-refractivity contribution in [3.63, 3.8) is 0 Å². The summed E-state index contributed by atoms with van der Waals surface area (Å²) < 4.78 is 26.8. The Balaban J connectivity index is 1.52. The maximum absolute atomic E-state index is 11.9. The molecule has 2 saturated heterocycles. The van der Waals surface area contributed by atoms with Crippen molar-refractivity contribution in [2.75, 3.05) is 13.2 Å². The highest BCUT2D eigenvalue weighted by Gasteiger charge is 2.56. The number of carbonyl (C=O) groups is 2. The first-order chi connectivity index (χ1) is 13.8. The minimum atomic E-state index is -1.62. The Morgan fingerprint density at radius 2 is 1.90 bits per heavy atom. The first kappa shape index (κ1) is 20.3. The summed E-state index contributed by atoms with van der Waals surface area (Å²) in [5, 5.41) is 40.1. The van der Waals surface area contributed by atoms with E-state index in [0.29, 0.717) is 11.1 Å². The van der Waals surface area contributed by atoms with Crippen molar-refractivity contribution >= 4 is 11.9 Å². The van der Waals surface area contributed by atoms with Gasteiger partial charge in [-0.2, -0.15) is 0 Å². The van der Waals surface area contributed by atoms with Gasteiger partial charge in [-0.1, -0.05) is 0 Å². The van der Waals surface area contributed by atoms with Gasteiger partial charge in [-0.25, -0.2) is 4.79 Å². The average molecular weight is 414 g/mol. The number of aliphatic hydroxyl groups is 4. The van der Waals surface area contributed by atoms with E-state index in [1.807, 2.05) is 0 Å². The lowest BCUT2D eigenvalue weighted by Gasteiger charge is -2.42. The molecule has 3 heterocycles. The molecule has 0 amide bonds. The van der Waals surface area contributed by atoms with Crippen LogP contribution in [0.1, 0.15) is 6.92 Å². The normalized spacial score (nSPS) is 43.1. The van der Waals surface area contributed by atoms with Crippen molar-refractivity contribution in [1.29, 1.82) is 0 Å². The number of carbonyl (C=O) groups excluding carboxylic acids is 2. The molecule has 1 aliphatic carbocycles. The van der Waals surface area contributed by atoms with Crippen LogP contribution >= 0.6 is 0 Å². The second kappa shape index (κ2) is 7.67. The van der Waals surface area contributed by atoms with Crippen LogP contribution in [0.15, 0.2) is 23.5 Å². The van der Waals surface area contributed by atoms with E-state index in [9.17, 15) is 30.0 Å². The van der Waals surface area contributed by atoms with Gasteiger partial charge in [-0.15, -0.1) is 0 Å². The average Bonchev–Trinajstić information content (AvgIpc) is 3.21. The second-order valence-corrected chi connectivity index (χ2v) is 7.35. The topological polar surface area (TPSA) is 161 Å². The van der Waals surface area contributed by atoms with Gasteiger partial charge in [0.25, 0.3) is 0 Å². The molecule has 11 heteroatoms. The Kier molecular flexibility index (Phi) is 5.36. The molecule has 0 spiro atoms. The third kappa shape index (κ3) is 3.43. The van der Waals surface area contributed by atoms with E-state index < -0.39 is 66.9 Å². The molecule has 0 aromatic carbocycles. The molecule has 29 heavy (non-hydrogen) atoms. The van der Waals surface area contributed by atoms with Crippen molar-refractivity contribution in [2.45, 2.75) is 50.0 Å². The molecule has 4 aliphatic rings. The molecule has 11 nitrogen and oxygen atoms in total. The zero-order valence-electron chi connectivity index (χ0n) is 15.4. The van der Waals surface area contributed by atoms with E-state index in [4.69, 9.17) is 23.7 Å². The lowest BCUT2D eigenvalue weighted by Crippen LogP contribution is -2.60. The van der Waals surface area contributed by atoms with Gasteiger partial charge in [-0.3, -0.25) is 4.79 Å². The molecule has 0 aromatic rings. The minimum Gasteiger partial charge on any atom is -0.471 e. The molecule has 3 aliphatic heterocycles. The number of hydrogen-bond donors (Lipinski definition) is 4. The van der Waals surface area contributed by atoms with Gasteiger partial charge in [0.05, 0.1) is 24.4 Å². The fourth-order valence-electron chi connectivity index (χ4n) is 4.14. The Bertz CT molecular complexity index is 746. The summed E-state index contributed by atoms with van der Waals surface area (Å²) in [4.78, 5) is 22.9. The van der Waals surface area contributed by atoms with Crippen molar-refractivity contribution < 1.29 is 53.7 Å². The van der Waals surface area contributed by atoms with Crippen LogP contribution in [-0.2, 0) is 33.3 Å². The van der Waals surface area contributed by atoms with Crippen LogP contribution < -0.4 is 0 Å². The van der Waals surface area contributed by atoms with Crippen molar-refractivity contribution in [2.24, 2.45) is 11.8 Å². The third-order valence-electron chi connectivity index (χ3n) is 5.58. The van der Waals surface area contributed by atoms with Crippen molar-refractivity contribution in [3.8, 4) is 0 Å². The number of ether oxygens (including phenoxy) is 5. The molecule has 0 aromatic heterocycles. The molecule has 0 saturated carbocycles. The highest BCUT2D eigenvalue weighted by atomic mass is 16.8. The smallest absolute Gasteiger partial charge is 0.338 e. The number of rotatable bonds is 5. The van der Waals surface area contributed by atoms with E-state index in [0.717, 1.165) is 0 Å². The predicted molar refractivity (Wildman–Crippen MR) is 89.4 cm³/mol. The van der Waals surface area contributed by atoms with Crippen LogP contribution in [0.2, 0.25) is 0 Å². The van der Waals surface area contributed by atoms with Crippen LogP contribution in [0.3, 0.4) is 0 Å². The summed E-state index contributed by atoms with van der Waals surface area (Å²) in [5.74, 6) is -2.09. The summed E-state index contributed by atoms with van der Waals surface area (Å²) in [5.41, 5.74) is 0.873. The maximum atomic E-state index is 11.9. The molecular formula is C18H22O11. The van der Waals surface area contributed by atoms with E-state index in [2.05, 4.69) is 0 Å². The van der Waals surface area contributed by atoms with E-state index in [-0.39, 0.29) is 13.2 Å². The van der Waals surface area contributed by atoms with E-state index >= 15 is 0 Å². The van der Waals surface area contributed by atoms with Crippen LogP contribution in [-0.4, -0.2) is 88.7 Å². The fraction of sp³-hybridized carbons (Fsp3) is 0.667. The highest BCUT2D eigenvalue weighted by Crippen LogP contribution is 2.49. The van der Waals surface area contributed by atoms with Gasteiger partial charge in [0.2, 0.25) is 6.29 Å². The van der Waals surface area contributed by atoms with Gasteiger partial charge < -0.3 is 44.1 Å². The van der Waals surface area contributed by atoms with Crippen LogP contribution in [0, 0.1) is 11.8 Å². The number of hydrogen-bond acceptors (Lipinski definition) is 11. The second-order valence-electron chi connectivity index (χ2n) is 7.35. The molecule has 0 bridgehead atoms. The fourth-order valence-corrected chi connectivity index (χ4v) is 4.14. The largest absolute Gasteiger partial charge is 0.471 e. The Morgan fingerprint density at radius 1 is 1.14 bits per heavy atom. The zero-order valence-corrected chi connectivity index (χ0v) is 15.4. The van der Waals surface area contributed by atoms with E-state index in [1.54, 1.807) is 6.08 Å².